The molecule has 5 heteroatoms. The molecule has 92 valence electrons. The van der Waals surface area contributed by atoms with E-state index in [2.05, 4.69) is 4.74 Å². The van der Waals surface area contributed by atoms with E-state index in [9.17, 15) is 9.18 Å². The van der Waals surface area contributed by atoms with Gasteiger partial charge in [-0.05, 0) is 24.6 Å². The van der Waals surface area contributed by atoms with Gasteiger partial charge in [-0.3, -0.25) is 0 Å². The Bertz CT molecular complexity index is 460. The molecule has 4 nitrogen and oxygen atoms in total. The maximum atomic E-state index is 13.5. The van der Waals surface area contributed by atoms with Gasteiger partial charge in [0.1, 0.15) is 5.60 Å². The van der Waals surface area contributed by atoms with Crippen molar-refractivity contribution in [1.82, 2.24) is 0 Å². The van der Waals surface area contributed by atoms with Crippen LogP contribution >= 0.6 is 0 Å². The highest BCUT2D eigenvalue weighted by Gasteiger charge is 2.59. The van der Waals surface area contributed by atoms with Crippen LogP contribution < -0.4 is 4.74 Å². The molecule has 2 rings (SSSR count). The first-order valence-corrected chi connectivity index (χ1v) is 5.12. The number of hydrogen-bond acceptors (Lipinski definition) is 4. The van der Waals surface area contributed by atoms with Crippen molar-refractivity contribution in [2.75, 3.05) is 14.2 Å². The fourth-order valence-corrected chi connectivity index (χ4v) is 1.79. The number of carbonyl (C=O) groups excluding carboxylic acids is 1. The van der Waals surface area contributed by atoms with Crippen molar-refractivity contribution in [2.45, 2.75) is 18.6 Å². The number of halogens is 1. The van der Waals surface area contributed by atoms with Crippen molar-refractivity contribution in [3.63, 3.8) is 0 Å². The number of hydrogen-bond donors (Lipinski definition) is 0. The van der Waals surface area contributed by atoms with Gasteiger partial charge in [-0.15, -0.1) is 0 Å². The summed E-state index contributed by atoms with van der Waals surface area (Å²) in [6.45, 7) is 1.72. The third kappa shape index (κ3) is 1.86. The van der Waals surface area contributed by atoms with Crippen molar-refractivity contribution >= 4 is 5.97 Å². The second kappa shape index (κ2) is 4.00. The lowest BCUT2D eigenvalue weighted by molar-refractivity contribution is -0.142. The Hall–Kier alpha value is -1.62. The minimum absolute atomic E-state index is 0.160. The van der Waals surface area contributed by atoms with Crippen molar-refractivity contribution in [3.8, 4) is 5.75 Å². The quantitative estimate of drug-likeness (QED) is 0.595. The fraction of sp³-hybridized carbons (Fsp3) is 0.417. The number of methoxy groups -OCH3 is 2. The molecule has 2 unspecified atom stereocenters. The Morgan fingerprint density at radius 1 is 1.47 bits per heavy atom. The number of epoxide rings is 1. The molecule has 1 aliphatic rings. The van der Waals surface area contributed by atoms with Crippen molar-refractivity contribution in [2.24, 2.45) is 0 Å². The predicted octanol–water partition coefficient (Wildman–Crippen LogP) is 1.62. The molecule has 1 heterocycles. The number of ether oxygens (including phenoxy) is 3. The minimum atomic E-state index is -0.805. The van der Waals surface area contributed by atoms with E-state index in [1.807, 2.05) is 0 Å². The van der Waals surface area contributed by atoms with Crippen LogP contribution in [-0.2, 0) is 19.9 Å². The molecular formula is C12H13FO4. The van der Waals surface area contributed by atoms with Gasteiger partial charge in [0.25, 0.3) is 0 Å². The molecule has 0 bridgehead atoms. The lowest BCUT2D eigenvalue weighted by Gasteiger charge is -2.08. The number of esters is 1. The molecule has 1 aromatic rings. The highest BCUT2D eigenvalue weighted by molar-refractivity contribution is 5.79. The number of benzene rings is 1. The molecule has 2 atom stereocenters. The summed E-state index contributed by atoms with van der Waals surface area (Å²) in [7, 11) is 2.68. The molecule has 1 fully saturated rings. The number of rotatable bonds is 3. The van der Waals surface area contributed by atoms with Gasteiger partial charge in [-0.2, -0.15) is 0 Å². The van der Waals surface area contributed by atoms with Crippen LogP contribution in [0.4, 0.5) is 4.39 Å². The Morgan fingerprint density at radius 3 is 2.71 bits per heavy atom. The zero-order valence-electron chi connectivity index (χ0n) is 9.82. The normalized spacial score (nSPS) is 26.5. The van der Waals surface area contributed by atoms with Crippen LogP contribution in [0.25, 0.3) is 0 Å². The summed E-state index contributed by atoms with van der Waals surface area (Å²) in [5.74, 6) is -0.776. The third-order valence-electron chi connectivity index (χ3n) is 2.95. The third-order valence-corrected chi connectivity index (χ3v) is 2.95. The molecule has 0 saturated carbocycles. The van der Waals surface area contributed by atoms with Crippen LogP contribution in [0.15, 0.2) is 18.2 Å². The van der Waals surface area contributed by atoms with Gasteiger partial charge in [0.2, 0.25) is 0 Å². The first-order valence-electron chi connectivity index (χ1n) is 5.12. The lowest BCUT2D eigenvalue weighted by Crippen LogP contribution is -2.17. The van der Waals surface area contributed by atoms with Crippen LogP contribution in [0.2, 0.25) is 0 Å². The molecule has 17 heavy (non-hydrogen) atoms. The van der Waals surface area contributed by atoms with E-state index in [0.29, 0.717) is 5.56 Å². The maximum absolute atomic E-state index is 13.5. The molecule has 0 aliphatic carbocycles. The van der Waals surface area contributed by atoms with E-state index < -0.39 is 23.5 Å². The van der Waals surface area contributed by atoms with E-state index in [1.54, 1.807) is 13.0 Å². The van der Waals surface area contributed by atoms with Crippen LogP contribution in [0.3, 0.4) is 0 Å². The monoisotopic (exact) mass is 240 g/mol. The first-order chi connectivity index (χ1) is 8.02. The Balaban J connectivity index is 2.25. The van der Waals surface area contributed by atoms with E-state index >= 15 is 0 Å². The molecule has 0 aromatic heterocycles. The molecule has 0 amide bonds. The topological polar surface area (TPSA) is 48.1 Å². The van der Waals surface area contributed by atoms with Crippen LogP contribution in [-0.4, -0.2) is 26.3 Å². The van der Waals surface area contributed by atoms with Gasteiger partial charge >= 0.3 is 5.97 Å². The van der Waals surface area contributed by atoms with Crippen molar-refractivity contribution in [3.05, 3.63) is 29.6 Å². The molecule has 0 radical (unpaired) electrons. The Morgan fingerprint density at radius 2 is 2.18 bits per heavy atom. The van der Waals surface area contributed by atoms with Gasteiger partial charge in [-0.25, -0.2) is 9.18 Å². The fourth-order valence-electron chi connectivity index (χ4n) is 1.79. The zero-order chi connectivity index (χ0) is 12.6. The summed E-state index contributed by atoms with van der Waals surface area (Å²) < 4.78 is 28.2. The molecule has 0 spiro atoms. The molecule has 1 saturated heterocycles. The van der Waals surface area contributed by atoms with Crippen LogP contribution in [0.5, 0.6) is 5.75 Å². The zero-order valence-corrected chi connectivity index (χ0v) is 9.82. The molecule has 1 aromatic carbocycles. The van der Waals surface area contributed by atoms with E-state index in [-0.39, 0.29) is 5.75 Å². The second-order valence-corrected chi connectivity index (χ2v) is 3.98. The second-order valence-electron chi connectivity index (χ2n) is 3.98. The van der Waals surface area contributed by atoms with Crippen molar-refractivity contribution in [1.29, 1.82) is 0 Å². The SMILES string of the molecule is COC(=O)C1OC1(C)c1ccc(OC)c(F)c1. The highest BCUT2D eigenvalue weighted by Crippen LogP contribution is 2.47. The highest BCUT2D eigenvalue weighted by atomic mass is 19.1. The van der Waals surface area contributed by atoms with E-state index in [1.165, 1.54) is 26.4 Å². The Labute approximate surface area is 98.3 Å². The predicted molar refractivity (Wildman–Crippen MR) is 57.2 cm³/mol. The molecule has 0 N–H and O–H groups in total. The minimum Gasteiger partial charge on any atom is -0.494 e. The summed E-state index contributed by atoms with van der Waals surface area (Å²) in [5.41, 5.74) is -0.216. The van der Waals surface area contributed by atoms with Gasteiger partial charge in [0, 0.05) is 0 Å². The van der Waals surface area contributed by atoms with Gasteiger partial charge in [0.05, 0.1) is 14.2 Å². The smallest absolute Gasteiger partial charge is 0.338 e. The summed E-state index contributed by atoms with van der Waals surface area (Å²) in [5, 5.41) is 0. The average molecular weight is 240 g/mol. The summed E-state index contributed by atoms with van der Waals surface area (Å²) >= 11 is 0. The van der Waals surface area contributed by atoms with E-state index in [4.69, 9.17) is 9.47 Å². The largest absolute Gasteiger partial charge is 0.494 e. The summed E-state index contributed by atoms with van der Waals surface area (Å²) in [4.78, 5) is 11.3. The standard InChI is InChI=1S/C12H13FO4/c1-12(10(17-12)11(14)16-3)7-4-5-9(15-2)8(13)6-7/h4-6,10H,1-3H3. The molecule has 1 aliphatic heterocycles. The maximum Gasteiger partial charge on any atom is 0.338 e. The van der Waals surface area contributed by atoms with Gasteiger partial charge in [0.15, 0.2) is 17.7 Å². The first kappa shape index (κ1) is 11.9. The van der Waals surface area contributed by atoms with Crippen LogP contribution in [0, 0.1) is 5.82 Å². The average Bonchev–Trinajstić information content (AvgIpc) is 3.02. The van der Waals surface area contributed by atoms with Crippen molar-refractivity contribution < 1.29 is 23.4 Å². The van der Waals surface area contributed by atoms with Gasteiger partial charge in [-0.1, -0.05) is 6.07 Å². The lowest BCUT2D eigenvalue weighted by atomic mass is 9.97. The number of carbonyl (C=O) groups is 1. The van der Waals surface area contributed by atoms with Gasteiger partial charge < -0.3 is 14.2 Å². The summed E-state index contributed by atoms with van der Waals surface area (Å²) in [6.07, 6.45) is -0.666. The Kier molecular flexibility index (Phi) is 2.79. The van der Waals surface area contributed by atoms with E-state index in [0.717, 1.165) is 0 Å². The summed E-state index contributed by atoms with van der Waals surface area (Å²) in [6, 6.07) is 4.48. The van der Waals surface area contributed by atoms with Crippen LogP contribution in [0.1, 0.15) is 12.5 Å². The molecular weight excluding hydrogens is 227 g/mol.